The predicted molar refractivity (Wildman–Crippen MR) is 78.8 cm³/mol. The molecule has 0 aliphatic carbocycles. The van der Waals surface area contributed by atoms with Gasteiger partial charge in [0.25, 0.3) is 0 Å². The molecule has 112 valence electrons. The van der Waals surface area contributed by atoms with Crippen molar-refractivity contribution in [1.29, 1.82) is 0 Å². The Bertz CT molecular complexity index is 560. The molecule has 1 aromatic carbocycles. The van der Waals surface area contributed by atoms with Gasteiger partial charge in [-0.2, -0.15) is 4.31 Å². The molecule has 0 aromatic heterocycles. The zero-order valence-electron chi connectivity index (χ0n) is 12.2. The van der Waals surface area contributed by atoms with E-state index in [0.717, 1.165) is 19.3 Å². The zero-order valence-corrected chi connectivity index (χ0v) is 13.0. The first-order valence-electron chi connectivity index (χ1n) is 7.12. The SMILES string of the molecule is CCC1(C)CCN(S(=O)(=O)c2ccccc2CO)CC1. The summed E-state index contributed by atoms with van der Waals surface area (Å²) in [5, 5.41) is 9.32. The van der Waals surface area contributed by atoms with Crippen molar-refractivity contribution < 1.29 is 13.5 Å². The summed E-state index contributed by atoms with van der Waals surface area (Å²) in [6.45, 7) is 5.25. The van der Waals surface area contributed by atoms with Gasteiger partial charge in [0.15, 0.2) is 0 Å². The molecule has 5 heteroatoms. The van der Waals surface area contributed by atoms with E-state index in [1.165, 1.54) is 0 Å². The molecule has 0 amide bonds. The van der Waals surface area contributed by atoms with Crippen LogP contribution in [0, 0.1) is 5.41 Å². The second-order valence-corrected chi connectivity index (χ2v) is 7.74. The van der Waals surface area contributed by atoms with E-state index in [0.29, 0.717) is 18.7 Å². The Labute approximate surface area is 121 Å². The predicted octanol–water partition coefficient (Wildman–Crippen LogP) is 2.38. The van der Waals surface area contributed by atoms with E-state index in [1.807, 2.05) is 0 Å². The molecule has 20 heavy (non-hydrogen) atoms. The van der Waals surface area contributed by atoms with Crippen molar-refractivity contribution in [1.82, 2.24) is 4.31 Å². The minimum Gasteiger partial charge on any atom is -0.392 e. The fourth-order valence-corrected chi connectivity index (χ4v) is 4.30. The normalized spacial score (nSPS) is 19.9. The number of aliphatic hydroxyl groups excluding tert-OH is 1. The molecule has 0 spiro atoms. The van der Waals surface area contributed by atoms with Crippen LogP contribution < -0.4 is 0 Å². The summed E-state index contributed by atoms with van der Waals surface area (Å²) < 4.78 is 26.9. The van der Waals surface area contributed by atoms with Gasteiger partial charge < -0.3 is 5.11 Å². The molecule has 0 bridgehead atoms. The minimum absolute atomic E-state index is 0.239. The fourth-order valence-electron chi connectivity index (χ4n) is 2.65. The van der Waals surface area contributed by atoms with Gasteiger partial charge in [0.05, 0.1) is 11.5 Å². The maximum atomic E-state index is 12.7. The minimum atomic E-state index is -3.49. The molecule has 0 unspecified atom stereocenters. The Morgan fingerprint density at radius 1 is 1.25 bits per heavy atom. The van der Waals surface area contributed by atoms with Crippen LogP contribution in [0.2, 0.25) is 0 Å². The van der Waals surface area contributed by atoms with Crippen LogP contribution >= 0.6 is 0 Å². The van der Waals surface area contributed by atoms with Crippen molar-refractivity contribution in [2.45, 2.75) is 44.6 Å². The first-order chi connectivity index (χ1) is 9.43. The van der Waals surface area contributed by atoms with Gasteiger partial charge in [-0.15, -0.1) is 0 Å². The second kappa shape index (κ2) is 5.84. The third-order valence-electron chi connectivity index (χ3n) is 4.54. The molecule has 1 aromatic rings. The molecule has 1 N–H and O–H groups in total. The van der Waals surface area contributed by atoms with Gasteiger partial charge in [-0.25, -0.2) is 8.42 Å². The first kappa shape index (κ1) is 15.5. The van der Waals surface area contributed by atoms with E-state index in [2.05, 4.69) is 13.8 Å². The lowest BCUT2D eigenvalue weighted by atomic mass is 9.79. The van der Waals surface area contributed by atoms with Crippen molar-refractivity contribution >= 4 is 10.0 Å². The largest absolute Gasteiger partial charge is 0.392 e. The Balaban J connectivity index is 2.24. The molecule has 0 radical (unpaired) electrons. The number of hydrogen-bond donors (Lipinski definition) is 1. The topological polar surface area (TPSA) is 57.6 Å². The summed E-state index contributed by atoms with van der Waals surface area (Å²) >= 11 is 0. The van der Waals surface area contributed by atoms with Crippen LogP contribution in [-0.4, -0.2) is 30.9 Å². The average molecular weight is 297 g/mol. The molecular weight excluding hydrogens is 274 g/mol. The summed E-state index contributed by atoms with van der Waals surface area (Å²) in [6, 6.07) is 6.68. The summed E-state index contributed by atoms with van der Waals surface area (Å²) in [6.07, 6.45) is 2.86. The van der Waals surface area contributed by atoms with Crippen molar-refractivity contribution in [2.24, 2.45) is 5.41 Å². The molecule has 2 rings (SSSR count). The Kier molecular flexibility index (Phi) is 4.52. The van der Waals surface area contributed by atoms with E-state index >= 15 is 0 Å². The lowest BCUT2D eigenvalue weighted by molar-refractivity contribution is 0.168. The Morgan fingerprint density at radius 3 is 2.40 bits per heavy atom. The number of hydrogen-bond acceptors (Lipinski definition) is 3. The van der Waals surface area contributed by atoms with Crippen LogP contribution in [-0.2, 0) is 16.6 Å². The maximum Gasteiger partial charge on any atom is 0.243 e. The monoisotopic (exact) mass is 297 g/mol. The Morgan fingerprint density at radius 2 is 1.85 bits per heavy atom. The Hall–Kier alpha value is -0.910. The van der Waals surface area contributed by atoms with Crippen molar-refractivity contribution in [2.75, 3.05) is 13.1 Å². The number of benzene rings is 1. The third-order valence-corrected chi connectivity index (χ3v) is 6.54. The fraction of sp³-hybridized carbons (Fsp3) is 0.600. The van der Waals surface area contributed by atoms with Gasteiger partial charge in [-0.1, -0.05) is 38.5 Å². The number of sulfonamides is 1. The van der Waals surface area contributed by atoms with Crippen molar-refractivity contribution in [3.8, 4) is 0 Å². The molecule has 4 nitrogen and oxygen atoms in total. The highest BCUT2D eigenvalue weighted by atomic mass is 32.2. The quantitative estimate of drug-likeness (QED) is 0.928. The highest BCUT2D eigenvalue weighted by molar-refractivity contribution is 7.89. The van der Waals surface area contributed by atoms with Gasteiger partial charge in [0.2, 0.25) is 10.0 Å². The molecule has 1 aliphatic rings. The highest BCUT2D eigenvalue weighted by Crippen LogP contribution is 2.36. The highest BCUT2D eigenvalue weighted by Gasteiger charge is 2.34. The van der Waals surface area contributed by atoms with Gasteiger partial charge in [0, 0.05) is 13.1 Å². The molecule has 1 saturated heterocycles. The summed E-state index contributed by atoms with van der Waals surface area (Å²) in [4.78, 5) is 0.239. The van der Waals surface area contributed by atoms with Crippen LogP contribution in [0.4, 0.5) is 0 Å². The van der Waals surface area contributed by atoms with Gasteiger partial charge in [-0.05, 0) is 29.9 Å². The van der Waals surface area contributed by atoms with Crippen LogP contribution in [0.15, 0.2) is 29.2 Å². The number of rotatable bonds is 4. The lowest BCUT2D eigenvalue weighted by Gasteiger charge is -2.38. The zero-order chi connectivity index (χ0) is 14.8. The molecule has 1 heterocycles. The molecule has 1 aliphatic heterocycles. The molecular formula is C15H23NO3S. The molecule has 0 saturated carbocycles. The van der Waals surface area contributed by atoms with Gasteiger partial charge in [0.1, 0.15) is 0 Å². The van der Waals surface area contributed by atoms with Crippen molar-refractivity contribution in [3.63, 3.8) is 0 Å². The van der Waals surface area contributed by atoms with E-state index in [-0.39, 0.29) is 16.9 Å². The third kappa shape index (κ3) is 2.90. The van der Waals surface area contributed by atoms with Crippen LogP contribution in [0.5, 0.6) is 0 Å². The summed E-state index contributed by atoms with van der Waals surface area (Å²) in [7, 11) is -3.49. The first-order valence-corrected chi connectivity index (χ1v) is 8.56. The summed E-state index contributed by atoms with van der Waals surface area (Å²) in [5.41, 5.74) is 0.721. The smallest absolute Gasteiger partial charge is 0.243 e. The van der Waals surface area contributed by atoms with Gasteiger partial charge in [-0.3, -0.25) is 0 Å². The lowest BCUT2D eigenvalue weighted by Crippen LogP contribution is -2.42. The average Bonchev–Trinajstić information content (AvgIpc) is 2.47. The van der Waals surface area contributed by atoms with Crippen LogP contribution in [0.25, 0.3) is 0 Å². The van der Waals surface area contributed by atoms with E-state index < -0.39 is 10.0 Å². The number of aliphatic hydroxyl groups is 1. The molecule has 1 fully saturated rings. The van der Waals surface area contributed by atoms with E-state index in [1.54, 1.807) is 28.6 Å². The summed E-state index contributed by atoms with van der Waals surface area (Å²) in [5.74, 6) is 0. The van der Waals surface area contributed by atoms with Crippen LogP contribution in [0.1, 0.15) is 38.7 Å². The van der Waals surface area contributed by atoms with Crippen LogP contribution in [0.3, 0.4) is 0 Å². The number of nitrogens with zero attached hydrogens (tertiary/aromatic N) is 1. The maximum absolute atomic E-state index is 12.7. The van der Waals surface area contributed by atoms with E-state index in [9.17, 15) is 13.5 Å². The second-order valence-electron chi connectivity index (χ2n) is 5.83. The molecule has 0 atom stereocenters. The van der Waals surface area contributed by atoms with Crippen molar-refractivity contribution in [3.05, 3.63) is 29.8 Å². The van der Waals surface area contributed by atoms with Gasteiger partial charge >= 0.3 is 0 Å². The van der Waals surface area contributed by atoms with E-state index in [4.69, 9.17) is 0 Å². The standard InChI is InChI=1S/C15H23NO3S/c1-3-15(2)8-10-16(11-9-15)20(18,19)14-7-5-4-6-13(14)12-17/h4-7,17H,3,8-12H2,1-2H3. The number of piperidine rings is 1.